The minimum Gasteiger partial charge on any atom is -0.454 e. The Morgan fingerprint density at radius 2 is 1.91 bits per heavy atom. The van der Waals surface area contributed by atoms with Crippen LogP contribution in [0, 0.1) is 0 Å². The van der Waals surface area contributed by atoms with E-state index in [1.165, 1.54) is 18.7 Å². The fourth-order valence-electron chi connectivity index (χ4n) is 3.20. The Morgan fingerprint density at radius 1 is 1.12 bits per heavy atom. The Labute approximate surface area is 194 Å². The minimum absolute atomic E-state index is 0.0286. The Hall–Kier alpha value is -3.04. The van der Waals surface area contributed by atoms with Gasteiger partial charge in [0, 0.05) is 36.5 Å². The van der Waals surface area contributed by atoms with Crippen LogP contribution in [0.25, 0.3) is 5.69 Å². The maximum absolute atomic E-state index is 12.6. The van der Waals surface area contributed by atoms with Crippen molar-refractivity contribution >= 4 is 35.1 Å². The fraction of sp³-hybridized carbons (Fsp3) is 0.273. The van der Waals surface area contributed by atoms with Gasteiger partial charge in [-0.15, -0.1) is 10.2 Å². The van der Waals surface area contributed by atoms with Gasteiger partial charge < -0.3 is 14.8 Å². The number of thioether (sulfide) groups is 1. The van der Waals surface area contributed by atoms with Crippen LogP contribution in [-0.2, 0) is 11.2 Å². The third-order valence-corrected chi connectivity index (χ3v) is 5.95. The summed E-state index contributed by atoms with van der Waals surface area (Å²) in [6.45, 7) is 2.21. The Bertz CT molecular complexity index is 1130. The second-order valence-electron chi connectivity index (χ2n) is 7.08. The van der Waals surface area contributed by atoms with Gasteiger partial charge in [0.15, 0.2) is 22.4 Å². The third-order valence-electron chi connectivity index (χ3n) is 4.76. The SMILES string of the molecule is CC(=O)NCCCc1nnc(SCC(=O)c2ccc(Cl)cc2)n1-c1ccc2c(c1)OCO2. The van der Waals surface area contributed by atoms with Crippen molar-refractivity contribution in [2.75, 3.05) is 19.1 Å². The van der Waals surface area contributed by atoms with E-state index in [0.29, 0.717) is 46.6 Å². The van der Waals surface area contributed by atoms with Crippen LogP contribution < -0.4 is 14.8 Å². The van der Waals surface area contributed by atoms with Crippen molar-refractivity contribution in [2.24, 2.45) is 0 Å². The molecule has 2 aromatic carbocycles. The van der Waals surface area contributed by atoms with Gasteiger partial charge in [-0.3, -0.25) is 14.2 Å². The van der Waals surface area contributed by atoms with Crippen LogP contribution in [0.3, 0.4) is 0 Å². The highest BCUT2D eigenvalue weighted by atomic mass is 35.5. The Morgan fingerprint density at radius 3 is 2.69 bits per heavy atom. The molecule has 3 aromatic rings. The van der Waals surface area contributed by atoms with Crippen LogP contribution in [0.5, 0.6) is 11.5 Å². The molecule has 0 radical (unpaired) electrons. The number of hydrogen-bond donors (Lipinski definition) is 1. The number of carbonyl (C=O) groups is 2. The van der Waals surface area contributed by atoms with Crippen LogP contribution in [0.2, 0.25) is 5.02 Å². The number of nitrogens with zero attached hydrogens (tertiary/aromatic N) is 3. The lowest BCUT2D eigenvalue weighted by Gasteiger charge is -2.11. The van der Waals surface area contributed by atoms with Gasteiger partial charge in [-0.1, -0.05) is 23.4 Å². The molecule has 2 heterocycles. The molecule has 0 atom stereocenters. The third kappa shape index (κ3) is 5.23. The number of ketones is 1. The predicted molar refractivity (Wildman–Crippen MR) is 121 cm³/mol. The monoisotopic (exact) mass is 472 g/mol. The van der Waals surface area contributed by atoms with Crippen molar-refractivity contribution in [3.63, 3.8) is 0 Å². The van der Waals surface area contributed by atoms with Crippen molar-refractivity contribution in [3.8, 4) is 17.2 Å². The second-order valence-corrected chi connectivity index (χ2v) is 8.46. The zero-order valence-electron chi connectivity index (χ0n) is 17.3. The molecule has 1 aliphatic rings. The lowest BCUT2D eigenvalue weighted by Crippen LogP contribution is -2.21. The van der Waals surface area contributed by atoms with Gasteiger partial charge in [-0.2, -0.15) is 0 Å². The lowest BCUT2D eigenvalue weighted by molar-refractivity contribution is -0.118. The largest absolute Gasteiger partial charge is 0.454 e. The quantitative estimate of drug-likeness (QED) is 0.288. The second kappa shape index (κ2) is 10.1. The Balaban J connectivity index is 1.55. The molecule has 4 rings (SSSR count). The van der Waals surface area contributed by atoms with Gasteiger partial charge in [-0.05, 0) is 42.8 Å². The van der Waals surface area contributed by atoms with Crippen LogP contribution in [0.1, 0.15) is 29.5 Å². The van der Waals surface area contributed by atoms with E-state index >= 15 is 0 Å². The number of aryl methyl sites for hydroxylation is 1. The number of amides is 1. The van der Waals surface area contributed by atoms with E-state index in [9.17, 15) is 9.59 Å². The van der Waals surface area contributed by atoms with Crippen molar-refractivity contribution in [1.29, 1.82) is 0 Å². The lowest BCUT2D eigenvalue weighted by atomic mass is 10.1. The highest BCUT2D eigenvalue weighted by Gasteiger charge is 2.20. The average Bonchev–Trinajstić information content (AvgIpc) is 3.41. The Kier molecular flexibility index (Phi) is 6.96. The molecule has 1 amide bonds. The maximum atomic E-state index is 12.6. The van der Waals surface area contributed by atoms with Crippen LogP contribution in [0.4, 0.5) is 0 Å². The molecule has 0 saturated carbocycles. The minimum atomic E-state index is -0.0702. The van der Waals surface area contributed by atoms with Crippen molar-refractivity contribution in [2.45, 2.75) is 24.9 Å². The number of carbonyl (C=O) groups excluding carboxylic acids is 2. The first-order chi connectivity index (χ1) is 15.5. The summed E-state index contributed by atoms with van der Waals surface area (Å²) in [6.07, 6.45) is 1.31. The highest BCUT2D eigenvalue weighted by Crippen LogP contribution is 2.35. The van der Waals surface area contributed by atoms with Crippen molar-refractivity contribution < 1.29 is 19.1 Å². The topological polar surface area (TPSA) is 95.3 Å². The van der Waals surface area contributed by atoms with Gasteiger partial charge >= 0.3 is 0 Å². The van der Waals surface area contributed by atoms with Gasteiger partial charge in [0.2, 0.25) is 12.7 Å². The van der Waals surface area contributed by atoms with Gasteiger partial charge in [0.25, 0.3) is 0 Å². The summed E-state index contributed by atoms with van der Waals surface area (Å²) in [5, 5.41) is 12.6. The normalized spacial score (nSPS) is 12.1. The molecule has 1 aliphatic heterocycles. The van der Waals surface area contributed by atoms with E-state index in [1.54, 1.807) is 24.3 Å². The molecular formula is C22H21ClN4O4S. The number of hydrogen-bond acceptors (Lipinski definition) is 7. The molecule has 0 aliphatic carbocycles. The maximum Gasteiger partial charge on any atom is 0.231 e. The van der Waals surface area contributed by atoms with E-state index in [0.717, 1.165) is 11.5 Å². The number of aromatic nitrogens is 3. The predicted octanol–water partition coefficient (Wildman–Crippen LogP) is 3.69. The first-order valence-corrected chi connectivity index (χ1v) is 11.4. The van der Waals surface area contributed by atoms with Crippen molar-refractivity contribution in [3.05, 3.63) is 58.9 Å². The molecule has 8 nitrogen and oxygen atoms in total. The molecule has 10 heteroatoms. The summed E-state index contributed by atoms with van der Waals surface area (Å²) >= 11 is 7.22. The van der Waals surface area contributed by atoms with E-state index in [-0.39, 0.29) is 24.2 Å². The number of rotatable bonds is 9. The number of benzene rings is 2. The zero-order chi connectivity index (χ0) is 22.5. The number of nitrogens with one attached hydrogen (secondary N) is 1. The molecule has 0 unspecified atom stereocenters. The molecule has 1 aromatic heterocycles. The number of ether oxygens (including phenoxy) is 2. The van der Waals surface area contributed by atoms with Gasteiger partial charge in [-0.25, -0.2) is 0 Å². The summed E-state index contributed by atoms with van der Waals surface area (Å²) in [5.74, 6) is 2.17. The van der Waals surface area contributed by atoms with Crippen LogP contribution in [0.15, 0.2) is 47.6 Å². The first kappa shape index (κ1) is 22.2. The summed E-state index contributed by atoms with van der Waals surface area (Å²) < 4.78 is 12.8. The van der Waals surface area contributed by atoms with Crippen molar-refractivity contribution in [1.82, 2.24) is 20.1 Å². The molecule has 1 N–H and O–H groups in total. The summed E-state index contributed by atoms with van der Waals surface area (Å²) in [4.78, 5) is 23.7. The van der Waals surface area contributed by atoms with Crippen LogP contribution in [-0.4, -0.2) is 45.5 Å². The summed E-state index contributed by atoms with van der Waals surface area (Å²) in [7, 11) is 0. The molecular weight excluding hydrogens is 452 g/mol. The van der Waals surface area contributed by atoms with E-state index in [1.807, 2.05) is 22.8 Å². The number of Topliss-reactive ketones (excluding diaryl/α,β-unsaturated/α-hetero) is 1. The molecule has 0 bridgehead atoms. The first-order valence-electron chi connectivity index (χ1n) is 10.0. The summed E-state index contributed by atoms with van der Waals surface area (Å²) in [5.41, 5.74) is 1.40. The zero-order valence-corrected chi connectivity index (χ0v) is 18.9. The number of fused-ring (bicyclic) bond motifs is 1. The standard InChI is InChI=1S/C22H21ClN4O4S/c1-14(28)24-10-2-3-21-25-26-22(32-12-18(29)15-4-6-16(23)7-5-15)27(21)17-8-9-19-20(11-17)31-13-30-19/h4-9,11H,2-3,10,12-13H2,1H3,(H,24,28). The molecule has 0 fully saturated rings. The number of halogens is 1. The summed E-state index contributed by atoms with van der Waals surface area (Å²) in [6, 6.07) is 12.4. The fourth-order valence-corrected chi connectivity index (χ4v) is 4.19. The van der Waals surface area contributed by atoms with E-state index in [2.05, 4.69) is 15.5 Å². The molecule has 0 saturated heterocycles. The smallest absolute Gasteiger partial charge is 0.231 e. The molecule has 0 spiro atoms. The van der Waals surface area contributed by atoms with Gasteiger partial charge in [0.05, 0.1) is 11.4 Å². The highest BCUT2D eigenvalue weighted by molar-refractivity contribution is 7.99. The van der Waals surface area contributed by atoms with Crippen LogP contribution >= 0.6 is 23.4 Å². The molecule has 166 valence electrons. The van der Waals surface area contributed by atoms with E-state index < -0.39 is 0 Å². The van der Waals surface area contributed by atoms with Gasteiger partial charge in [0.1, 0.15) is 5.82 Å². The average molecular weight is 473 g/mol. The molecule has 32 heavy (non-hydrogen) atoms. The van der Waals surface area contributed by atoms with E-state index in [4.69, 9.17) is 21.1 Å².